The molecule has 0 bridgehead atoms. The molecule has 1 aromatic carbocycles. The Morgan fingerprint density at radius 1 is 1.33 bits per heavy atom. The van der Waals surface area contributed by atoms with Gasteiger partial charge in [0.05, 0.1) is 0 Å². The Balaban J connectivity index is 1.63. The first-order chi connectivity index (χ1) is 10.2. The number of carbonyl (C=O) groups excluding carboxylic acids is 1. The van der Waals surface area contributed by atoms with Gasteiger partial charge in [-0.25, -0.2) is 0 Å². The monoisotopic (exact) mass is 301 g/mol. The molecule has 1 aromatic heterocycles. The van der Waals surface area contributed by atoms with Crippen LogP contribution in [0.3, 0.4) is 0 Å². The Morgan fingerprint density at radius 2 is 2.19 bits per heavy atom. The van der Waals surface area contributed by atoms with Crippen molar-refractivity contribution >= 4 is 23.3 Å². The highest BCUT2D eigenvalue weighted by Gasteiger charge is 2.14. The van der Waals surface area contributed by atoms with Crippen molar-refractivity contribution in [2.75, 3.05) is 13.8 Å². The van der Waals surface area contributed by atoms with Crippen LogP contribution in [0.15, 0.2) is 41.1 Å². The fourth-order valence-corrected chi connectivity index (χ4v) is 2.68. The summed E-state index contributed by atoms with van der Waals surface area (Å²) >= 11 is 1.61. The molecule has 0 spiro atoms. The summed E-state index contributed by atoms with van der Waals surface area (Å²) in [5.74, 6) is 1.46. The van der Waals surface area contributed by atoms with E-state index in [0.29, 0.717) is 6.54 Å². The molecule has 3 rings (SSSR count). The normalized spacial score (nSPS) is 12.8. The maximum absolute atomic E-state index is 12.1. The molecule has 5 heteroatoms. The standard InChI is InChI=1S/C16H15NO3S/c1-17(16(18)5-3-12-6-7-21-10-12)9-13-2-4-14-15(8-13)20-11-19-14/h2-8,10H,9,11H2,1H3. The number of benzene rings is 1. The van der Waals surface area contributed by atoms with E-state index in [4.69, 9.17) is 9.47 Å². The fraction of sp³-hybridized carbons (Fsp3) is 0.188. The molecule has 4 nitrogen and oxygen atoms in total. The lowest BCUT2D eigenvalue weighted by Crippen LogP contribution is -2.24. The molecule has 108 valence electrons. The SMILES string of the molecule is CN(Cc1ccc2c(c1)OCO2)C(=O)C=Cc1ccsc1. The van der Waals surface area contributed by atoms with Crippen LogP contribution in [0.5, 0.6) is 11.5 Å². The van der Waals surface area contributed by atoms with Crippen molar-refractivity contribution in [3.8, 4) is 11.5 Å². The molecule has 0 saturated carbocycles. The molecule has 0 radical (unpaired) electrons. The molecule has 1 amide bonds. The number of likely N-dealkylation sites (N-methyl/N-ethyl adjacent to an activating group) is 1. The van der Waals surface area contributed by atoms with Crippen LogP contribution in [-0.2, 0) is 11.3 Å². The molecule has 0 N–H and O–H groups in total. The summed E-state index contributed by atoms with van der Waals surface area (Å²) in [5, 5.41) is 3.99. The Morgan fingerprint density at radius 3 is 3.00 bits per heavy atom. The Bertz CT molecular complexity index is 664. The van der Waals surface area contributed by atoms with Crippen molar-refractivity contribution in [2.45, 2.75) is 6.54 Å². The number of rotatable bonds is 4. The van der Waals surface area contributed by atoms with Gasteiger partial charge in [-0.2, -0.15) is 11.3 Å². The maximum Gasteiger partial charge on any atom is 0.246 e. The molecule has 0 atom stereocenters. The molecular formula is C16H15NO3S. The van der Waals surface area contributed by atoms with E-state index in [-0.39, 0.29) is 12.7 Å². The smallest absolute Gasteiger partial charge is 0.246 e. The van der Waals surface area contributed by atoms with Crippen LogP contribution >= 0.6 is 11.3 Å². The minimum Gasteiger partial charge on any atom is -0.454 e. The first kappa shape index (κ1) is 13.7. The van der Waals surface area contributed by atoms with Gasteiger partial charge in [0.15, 0.2) is 11.5 Å². The van der Waals surface area contributed by atoms with Crippen molar-refractivity contribution in [3.63, 3.8) is 0 Å². The van der Waals surface area contributed by atoms with E-state index in [0.717, 1.165) is 22.6 Å². The summed E-state index contributed by atoms with van der Waals surface area (Å²) < 4.78 is 10.6. The van der Waals surface area contributed by atoms with E-state index >= 15 is 0 Å². The third kappa shape index (κ3) is 3.25. The van der Waals surface area contributed by atoms with Crippen molar-refractivity contribution in [2.24, 2.45) is 0 Å². The number of carbonyl (C=O) groups is 1. The third-order valence-corrected chi connectivity index (χ3v) is 3.90. The van der Waals surface area contributed by atoms with Crippen LogP contribution in [0.25, 0.3) is 6.08 Å². The molecule has 0 unspecified atom stereocenters. The largest absolute Gasteiger partial charge is 0.454 e. The molecule has 0 aliphatic carbocycles. The molecule has 0 saturated heterocycles. The van der Waals surface area contributed by atoms with Gasteiger partial charge in [0.2, 0.25) is 12.7 Å². The highest BCUT2D eigenvalue weighted by molar-refractivity contribution is 7.08. The van der Waals surface area contributed by atoms with Gasteiger partial charge in [-0.15, -0.1) is 0 Å². The van der Waals surface area contributed by atoms with Crippen LogP contribution < -0.4 is 9.47 Å². The topological polar surface area (TPSA) is 38.8 Å². The van der Waals surface area contributed by atoms with E-state index in [2.05, 4.69) is 0 Å². The molecule has 0 fully saturated rings. The zero-order valence-electron chi connectivity index (χ0n) is 11.6. The summed E-state index contributed by atoms with van der Waals surface area (Å²) in [5.41, 5.74) is 2.06. The number of fused-ring (bicyclic) bond motifs is 1. The molecular weight excluding hydrogens is 286 g/mol. The van der Waals surface area contributed by atoms with Crippen molar-refractivity contribution in [3.05, 3.63) is 52.2 Å². The second-order valence-corrected chi connectivity index (χ2v) is 5.55. The quantitative estimate of drug-likeness (QED) is 0.814. The van der Waals surface area contributed by atoms with Crippen molar-refractivity contribution < 1.29 is 14.3 Å². The van der Waals surface area contributed by atoms with E-state index in [1.165, 1.54) is 0 Å². The van der Waals surface area contributed by atoms with Gasteiger partial charge in [-0.1, -0.05) is 6.07 Å². The average molecular weight is 301 g/mol. The van der Waals surface area contributed by atoms with Gasteiger partial charge >= 0.3 is 0 Å². The predicted molar refractivity (Wildman–Crippen MR) is 82.4 cm³/mol. The number of amides is 1. The minimum absolute atomic E-state index is 0.0288. The van der Waals surface area contributed by atoms with Gasteiger partial charge in [-0.05, 0) is 46.2 Å². The van der Waals surface area contributed by atoms with Gasteiger partial charge in [0.1, 0.15) is 0 Å². The highest BCUT2D eigenvalue weighted by Crippen LogP contribution is 2.32. The molecule has 1 aliphatic rings. The number of thiophene rings is 1. The van der Waals surface area contributed by atoms with Gasteiger partial charge in [0.25, 0.3) is 0 Å². The summed E-state index contributed by atoms with van der Waals surface area (Å²) in [7, 11) is 1.78. The van der Waals surface area contributed by atoms with Crippen LogP contribution in [-0.4, -0.2) is 24.6 Å². The lowest BCUT2D eigenvalue weighted by atomic mass is 10.2. The molecule has 21 heavy (non-hydrogen) atoms. The van der Waals surface area contributed by atoms with Crippen molar-refractivity contribution in [1.29, 1.82) is 0 Å². The first-order valence-electron chi connectivity index (χ1n) is 6.56. The van der Waals surface area contributed by atoms with Gasteiger partial charge in [0, 0.05) is 19.7 Å². The molecule has 1 aliphatic heterocycles. The fourth-order valence-electron chi connectivity index (χ4n) is 2.06. The van der Waals surface area contributed by atoms with Crippen LogP contribution in [0.2, 0.25) is 0 Å². The van der Waals surface area contributed by atoms with E-state index in [1.807, 2.05) is 41.1 Å². The molecule has 2 heterocycles. The molecule has 2 aromatic rings. The van der Waals surface area contributed by atoms with Crippen molar-refractivity contribution in [1.82, 2.24) is 4.90 Å². The summed E-state index contributed by atoms with van der Waals surface area (Å²) in [6.45, 7) is 0.792. The number of hydrogen-bond acceptors (Lipinski definition) is 4. The second kappa shape index (κ2) is 6.01. The zero-order valence-corrected chi connectivity index (χ0v) is 12.4. The Kier molecular flexibility index (Phi) is 3.92. The van der Waals surface area contributed by atoms with E-state index in [9.17, 15) is 4.79 Å². The highest BCUT2D eigenvalue weighted by atomic mass is 32.1. The third-order valence-electron chi connectivity index (χ3n) is 3.19. The second-order valence-electron chi connectivity index (χ2n) is 4.77. The first-order valence-corrected chi connectivity index (χ1v) is 7.50. The summed E-state index contributed by atoms with van der Waals surface area (Å²) in [6, 6.07) is 7.71. The number of nitrogens with zero attached hydrogens (tertiary/aromatic N) is 1. The zero-order chi connectivity index (χ0) is 14.7. The lowest BCUT2D eigenvalue weighted by Gasteiger charge is -2.15. The summed E-state index contributed by atoms with van der Waals surface area (Å²) in [6.07, 6.45) is 3.42. The Labute approximate surface area is 127 Å². The average Bonchev–Trinajstić information content (AvgIpc) is 3.15. The van der Waals surface area contributed by atoms with Crippen LogP contribution in [0, 0.1) is 0 Å². The lowest BCUT2D eigenvalue weighted by molar-refractivity contribution is -0.125. The minimum atomic E-state index is -0.0288. The Hall–Kier alpha value is -2.27. The van der Waals surface area contributed by atoms with E-state index in [1.54, 1.807) is 29.4 Å². The predicted octanol–water partition coefficient (Wildman–Crippen LogP) is 3.15. The van der Waals surface area contributed by atoms with Crippen LogP contribution in [0.1, 0.15) is 11.1 Å². The number of ether oxygens (including phenoxy) is 2. The van der Waals surface area contributed by atoms with Crippen LogP contribution in [0.4, 0.5) is 0 Å². The van der Waals surface area contributed by atoms with Gasteiger partial charge < -0.3 is 14.4 Å². The van der Waals surface area contributed by atoms with E-state index < -0.39 is 0 Å². The summed E-state index contributed by atoms with van der Waals surface area (Å²) in [4.78, 5) is 13.7. The van der Waals surface area contributed by atoms with Gasteiger partial charge in [-0.3, -0.25) is 4.79 Å². The maximum atomic E-state index is 12.1. The number of hydrogen-bond donors (Lipinski definition) is 0.